The predicted molar refractivity (Wildman–Crippen MR) is 87.5 cm³/mol. The van der Waals surface area contributed by atoms with Crippen molar-refractivity contribution in [3.63, 3.8) is 0 Å². The lowest BCUT2D eigenvalue weighted by atomic mass is 9.93. The van der Waals surface area contributed by atoms with Crippen LogP contribution < -0.4 is 5.73 Å². The molecular formula is C18H25F2N3O. The van der Waals surface area contributed by atoms with Crippen molar-refractivity contribution in [2.45, 2.75) is 24.6 Å². The minimum atomic E-state index is -0.565. The van der Waals surface area contributed by atoms with Gasteiger partial charge in [-0.25, -0.2) is 8.78 Å². The monoisotopic (exact) mass is 337 g/mol. The van der Waals surface area contributed by atoms with Crippen LogP contribution in [0.4, 0.5) is 8.78 Å². The molecule has 4 rings (SSSR count). The first-order chi connectivity index (χ1) is 11.5. The maximum absolute atomic E-state index is 14.0. The standard InChI is InChI=1S/C18H25F2N3O/c1-22-6-11-8-23(9-12(11)7-22)14-5-17(21)18(24-10-14)15-4-13(19)2-3-16(15)20/h2-4,11-12,14,17-18H,5-10,21H2,1H3. The maximum Gasteiger partial charge on any atom is 0.129 e. The quantitative estimate of drug-likeness (QED) is 0.890. The lowest BCUT2D eigenvalue weighted by Crippen LogP contribution is -2.49. The molecule has 4 nitrogen and oxygen atoms in total. The molecule has 5 atom stereocenters. The minimum absolute atomic E-state index is 0.237. The summed E-state index contributed by atoms with van der Waals surface area (Å²) in [4.78, 5) is 4.89. The third-order valence-electron chi connectivity index (χ3n) is 5.88. The first-order valence-electron chi connectivity index (χ1n) is 8.76. The average molecular weight is 337 g/mol. The summed E-state index contributed by atoms with van der Waals surface area (Å²) < 4.78 is 33.3. The summed E-state index contributed by atoms with van der Waals surface area (Å²) in [6, 6.07) is 3.43. The summed E-state index contributed by atoms with van der Waals surface area (Å²) in [7, 11) is 2.18. The molecule has 3 heterocycles. The Kier molecular flexibility index (Phi) is 4.33. The van der Waals surface area contributed by atoms with E-state index in [9.17, 15) is 8.78 Å². The fraction of sp³-hybridized carbons (Fsp3) is 0.667. The number of hydrogen-bond donors (Lipinski definition) is 1. The Morgan fingerprint density at radius 1 is 1.12 bits per heavy atom. The Balaban J connectivity index is 1.41. The van der Waals surface area contributed by atoms with E-state index in [1.165, 1.54) is 6.07 Å². The highest BCUT2D eigenvalue weighted by molar-refractivity contribution is 5.23. The second-order valence-electron chi connectivity index (χ2n) is 7.67. The molecule has 0 spiro atoms. The number of benzene rings is 1. The molecular weight excluding hydrogens is 312 g/mol. The van der Waals surface area contributed by atoms with Crippen LogP contribution in [-0.2, 0) is 4.74 Å². The summed E-state index contributed by atoms with van der Waals surface area (Å²) >= 11 is 0. The third-order valence-corrected chi connectivity index (χ3v) is 5.88. The molecule has 0 amide bonds. The number of fused-ring (bicyclic) bond motifs is 1. The van der Waals surface area contributed by atoms with E-state index in [-0.39, 0.29) is 17.6 Å². The zero-order valence-corrected chi connectivity index (χ0v) is 14.0. The van der Waals surface area contributed by atoms with Gasteiger partial charge in [-0.05, 0) is 43.5 Å². The zero-order chi connectivity index (χ0) is 16.8. The number of likely N-dealkylation sites (tertiary alicyclic amines) is 2. The van der Waals surface area contributed by atoms with Crippen LogP contribution in [0.2, 0.25) is 0 Å². The summed E-state index contributed by atoms with van der Waals surface area (Å²) in [5.74, 6) is 0.573. The summed E-state index contributed by atoms with van der Waals surface area (Å²) in [6.07, 6.45) is 0.195. The van der Waals surface area contributed by atoms with E-state index in [0.29, 0.717) is 6.61 Å². The lowest BCUT2D eigenvalue weighted by Gasteiger charge is -2.39. The van der Waals surface area contributed by atoms with Gasteiger partial charge < -0.3 is 15.4 Å². The molecule has 24 heavy (non-hydrogen) atoms. The fourth-order valence-electron chi connectivity index (χ4n) is 4.71. The van der Waals surface area contributed by atoms with Crippen molar-refractivity contribution < 1.29 is 13.5 Å². The molecule has 2 N–H and O–H groups in total. The second kappa shape index (κ2) is 6.33. The van der Waals surface area contributed by atoms with Crippen LogP contribution in [0.25, 0.3) is 0 Å². The highest BCUT2D eigenvalue weighted by Gasteiger charge is 2.43. The van der Waals surface area contributed by atoms with Gasteiger partial charge in [-0.3, -0.25) is 4.90 Å². The topological polar surface area (TPSA) is 41.7 Å². The van der Waals surface area contributed by atoms with Crippen molar-refractivity contribution in [2.75, 3.05) is 39.8 Å². The van der Waals surface area contributed by atoms with Crippen LogP contribution in [0.3, 0.4) is 0 Å². The summed E-state index contributed by atoms with van der Waals surface area (Å²) in [5, 5.41) is 0. The molecule has 0 aliphatic carbocycles. The van der Waals surface area contributed by atoms with Crippen molar-refractivity contribution in [1.29, 1.82) is 0 Å². The van der Waals surface area contributed by atoms with E-state index in [0.717, 1.165) is 56.6 Å². The lowest BCUT2D eigenvalue weighted by molar-refractivity contribution is -0.0487. The van der Waals surface area contributed by atoms with Crippen molar-refractivity contribution in [1.82, 2.24) is 9.80 Å². The SMILES string of the molecule is CN1CC2CN(C3COC(c4cc(F)ccc4F)C(N)C3)CC2C1. The van der Waals surface area contributed by atoms with Gasteiger partial charge in [0.15, 0.2) is 0 Å². The number of rotatable bonds is 2. The zero-order valence-electron chi connectivity index (χ0n) is 14.0. The van der Waals surface area contributed by atoms with E-state index in [2.05, 4.69) is 16.8 Å². The number of hydrogen-bond acceptors (Lipinski definition) is 4. The Morgan fingerprint density at radius 3 is 2.50 bits per heavy atom. The first kappa shape index (κ1) is 16.4. The molecule has 132 valence electrons. The van der Waals surface area contributed by atoms with E-state index in [1.807, 2.05) is 0 Å². The number of nitrogens with two attached hydrogens (primary N) is 1. The number of ether oxygens (including phenoxy) is 1. The summed E-state index contributed by atoms with van der Waals surface area (Å²) in [6.45, 7) is 5.04. The second-order valence-corrected chi connectivity index (χ2v) is 7.67. The van der Waals surface area contributed by atoms with Crippen LogP contribution in [-0.4, -0.2) is 61.7 Å². The maximum atomic E-state index is 14.0. The van der Waals surface area contributed by atoms with Gasteiger partial charge in [-0.1, -0.05) is 0 Å². The van der Waals surface area contributed by atoms with E-state index >= 15 is 0 Å². The first-order valence-corrected chi connectivity index (χ1v) is 8.76. The third kappa shape index (κ3) is 2.96. The molecule has 0 radical (unpaired) electrons. The van der Waals surface area contributed by atoms with Crippen molar-refractivity contribution >= 4 is 0 Å². The van der Waals surface area contributed by atoms with E-state index < -0.39 is 17.7 Å². The molecule has 3 aliphatic heterocycles. The van der Waals surface area contributed by atoms with Crippen molar-refractivity contribution in [2.24, 2.45) is 17.6 Å². The van der Waals surface area contributed by atoms with Gasteiger partial charge in [0.05, 0.1) is 6.61 Å². The van der Waals surface area contributed by atoms with Crippen molar-refractivity contribution in [3.8, 4) is 0 Å². The predicted octanol–water partition coefficient (Wildman–Crippen LogP) is 1.62. The molecule has 0 bridgehead atoms. The van der Waals surface area contributed by atoms with Gasteiger partial charge in [-0.2, -0.15) is 0 Å². The van der Waals surface area contributed by atoms with Crippen molar-refractivity contribution in [3.05, 3.63) is 35.4 Å². The highest BCUT2D eigenvalue weighted by atomic mass is 19.1. The fourth-order valence-corrected chi connectivity index (χ4v) is 4.71. The number of nitrogens with zero attached hydrogens (tertiary/aromatic N) is 2. The van der Waals surface area contributed by atoms with Gasteiger partial charge in [-0.15, -0.1) is 0 Å². The molecule has 1 aromatic rings. The Bertz CT molecular complexity index is 600. The summed E-state index contributed by atoms with van der Waals surface area (Å²) in [5.41, 5.74) is 6.51. The Morgan fingerprint density at radius 2 is 1.83 bits per heavy atom. The molecule has 0 saturated carbocycles. The highest BCUT2D eigenvalue weighted by Crippen LogP contribution is 2.36. The van der Waals surface area contributed by atoms with Gasteiger partial charge >= 0.3 is 0 Å². The number of halogens is 2. The van der Waals surface area contributed by atoms with Crippen LogP contribution in [0.1, 0.15) is 18.1 Å². The van der Waals surface area contributed by atoms with Crippen LogP contribution in [0.5, 0.6) is 0 Å². The minimum Gasteiger partial charge on any atom is -0.370 e. The molecule has 5 unspecified atom stereocenters. The van der Waals surface area contributed by atoms with Gasteiger partial charge in [0.2, 0.25) is 0 Å². The van der Waals surface area contributed by atoms with Gasteiger partial charge in [0.1, 0.15) is 17.7 Å². The largest absolute Gasteiger partial charge is 0.370 e. The van der Waals surface area contributed by atoms with Crippen LogP contribution in [0.15, 0.2) is 18.2 Å². The van der Waals surface area contributed by atoms with E-state index in [1.54, 1.807) is 0 Å². The van der Waals surface area contributed by atoms with E-state index in [4.69, 9.17) is 10.5 Å². The molecule has 3 fully saturated rings. The average Bonchev–Trinajstić information content (AvgIpc) is 3.07. The molecule has 0 aromatic heterocycles. The van der Waals surface area contributed by atoms with Gasteiger partial charge in [0.25, 0.3) is 0 Å². The smallest absolute Gasteiger partial charge is 0.129 e. The van der Waals surface area contributed by atoms with Crippen LogP contribution >= 0.6 is 0 Å². The molecule has 3 saturated heterocycles. The van der Waals surface area contributed by atoms with Crippen LogP contribution in [0, 0.1) is 23.5 Å². The molecule has 3 aliphatic rings. The Labute approximate surface area is 141 Å². The molecule has 6 heteroatoms. The van der Waals surface area contributed by atoms with Gasteiger partial charge in [0, 0.05) is 43.8 Å². The normalized spacial score (nSPS) is 37.8. The molecule has 1 aromatic carbocycles. The Hall–Kier alpha value is -1.08.